The molecular weight excluding hydrogens is 505 g/mol. The average molecular weight is 532 g/mol. The standard InChI is InChI=1S/C27H27ClFN9/c1-27(30,20-3-5-22(29)6-4-20)21-13-31-26(32-14-21)37-9-7-36(8-10-37)25-23(28)15-34-38-17-18(11-24(25)38)19-12-33-35(2)16-19/h3-6,11-17H,7-10,30H2,1-2H3. The van der Waals surface area contributed by atoms with Gasteiger partial charge in [0.05, 0.1) is 34.2 Å². The van der Waals surface area contributed by atoms with Crippen LogP contribution in [-0.4, -0.2) is 55.5 Å². The first-order valence-electron chi connectivity index (χ1n) is 12.3. The Hall–Kier alpha value is -4.02. The second-order valence-electron chi connectivity index (χ2n) is 9.76. The number of aryl methyl sites for hydroxylation is 1. The van der Waals surface area contributed by atoms with E-state index in [2.05, 4.69) is 36.0 Å². The molecule has 2 N–H and O–H groups in total. The van der Waals surface area contributed by atoms with Gasteiger partial charge in [-0.2, -0.15) is 10.2 Å². The molecule has 4 aromatic heterocycles. The van der Waals surface area contributed by atoms with Gasteiger partial charge in [-0.15, -0.1) is 0 Å². The van der Waals surface area contributed by atoms with Crippen LogP contribution < -0.4 is 15.5 Å². The van der Waals surface area contributed by atoms with Crippen molar-refractivity contribution < 1.29 is 4.39 Å². The van der Waals surface area contributed by atoms with Crippen LogP contribution in [0.4, 0.5) is 16.0 Å². The molecule has 1 aliphatic heterocycles. The molecule has 5 aromatic rings. The number of benzene rings is 1. The van der Waals surface area contributed by atoms with Crippen molar-refractivity contribution in [2.75, 3.05) is 36.0 Å². The lowest BCUT2D eigenvalue weighted by Crippen LogP contribution is -2.47. The largest absolute Gasteiger partial charge is 0.365 e. The Labute approximate surface area is 224 Å². The maximum absolute atomic E-state index is 13.4. The van der Waals surface area contributed by atoms with Gasteiger partial charge in [-0.05, 0) is 30.7 Å². The van der Waals surface area contributed by atoms with Crippen LogP contribution >= 0.6 is 11.6 Å². The van der Waals surface area contributed by atoms with Crippen molar-refractivity contribution in [3.05, 3.63) is 89.5 Å². The maximum atomic E-state index is 13.4. The molecule has 1 fully saturated rings. The highest BCUT2D eigenvalue weighted by molar-refractivity contribution is 6.34. The summed E-state index contributed by atoms with van der Waals surface area (Å²) in [5.74, 6) is 0.353. The van der Waals surface area contributed by atoms with Crippen molar-refractivity contribution >= 4 is 28.8 Å². The van der Waals surface area contributed by atoms with Crippen LogP contribution in [0.2, 0.25) is 5.02 Å². The summed E-state index contributed by atoms with van der Waals surface area (Å²) in [7, 11) is 1.90. The van der Waals surface area contributed by atoms with E-state index in [-0.39, 0.29) is 5.82 Å². The zero-order valence-electron chi connectivity index (χ0n) is 21.1. The fourth-order valence-electron chi connectivity index (χ4n) is 4.91. The van der Waals surface area contributed by atoms with E-state index in [1.54, 1.807) is 35.4 Å². The predicted molar refractivity (Wildman–Crippen MR) is 146 cm³/mol. The monoisotopic (exact) mass is 531 g/mol. The molecule has 0 saturated carbocycles. The molecule has 9 nitrogen and oxygen atoms in total. The van der Waals surface area contributed by atoms with Crippen molar-refractivity contribution in [3.63, 3.8) is 0 Å². The number of halogens is 2. The molecule has 1 atom stereocenters. The lowest BCUT2D eigenvalue weighted by Gasteiger charge is -2.36. The molecule has 0 bridgehead atoms. The van der Waals surface area contributed by atoms with Crippen LogP contribution in [-0.2, 0) is 12.6 Å². The van der Waals surface area contributed by atoms with E-state index in [1.165, 1.54) is 12.1 Å². The number of anilines is 2. The molecule has 1 aliphatic rings. The average Bonchev–Trinajstić information content (AvgIpc) is 3.55. The highest BCUT2D eigenvalue weighted by atomic mass is 35.5. The van der Waals surface area contributed by atoms with Gasteiger partial charge in [0.25, 0.3) is 0 Å². The number of fused-ring (bicyclic) bond motifs is 1. The van der Waals surface area contributed by atoms with Gasteiger partial charge in [0, 0.05) is 74.7 Å². The van der Waals surface area contributed by atoms with Crippen LogP contribution in [0.25, 0.3) is 16.6 Å². The van der Waals surface area contributed by atoms with Crippen molar-refractivity contribution in [3.8, 4) is 11.1 Å². The molecule has 5 heterocycles. The van der Waals surface area contributed by atoms with Crippen molar-refractivity contribution in [1.82, 2.24) is 29.4 Å². The van der Waals surface area contributed by atoms with E-state index in [1.807, 2.05) is 37.1 Å². The molecule has 1 aromatic carbocycles. The normalized spacial score (nSPS) is 15.7. The van der Waals surface area contributed by atoms with Gasteiger partial charge in [-0.1, -0.05) is 23.7 Å². The first kappa shape index (κ1) is 24.3. The Morgan fingerprint density at radius 2 is 1.55 bits per heavy atom. The van der Waals surface area contributed by atoms with E-state index in [9.17, 15) is 4.39 Å². The van der Waals surface area contributed by atoms with Gasteiger partial charge < -0.3 is 15.5 Å². The summed E-state index contributed by atoms with van der Waals surface area (Å²) in [5, 5.41) is 9.37. The third-order valence-electron chi connectivity index (χ3n) is 7.16. The van der Waals surface area contributed by atoms with Gasteiger partial charge >= 0.3 is 0 Å². The summed E-state index contributed by atoms with van der Waals surface area (Å²) in [4.78, 5) is 13.7. The molecule has 0 aliphatic carbocycles. The number of aromatic nitrogens is 6. The summed E-state index contributed by atoms with van der Waals surface area (Å²) >= 11 is 6.66. The minimum atomic E-state index is -0.833. The van der Waals surface area contributed by atoms with Gasteiger partial charge in [0.2, 0.25) is 5.95 Å². The number of hydrogen-bond donors (Lipinski definition) is 1. The Kier molecular flexibility index (Phi) is 6.00. The van der Waals surface area contributed by atoms with Gasteiger partial charge in [-0.25, -0.2) is 18.9 Å². The minimum Gasteiger partial charge on any atom is -0.365 e. The fraction of sp³-hybridized carbons (Fsp3) is 0.259. The number of nitrogens with zero attached hydrogens (tertiary/aromatic N) is 8. The van der Waals surface area contributed by atoms with E-state index in [4.69, 9.17) is 17.3 Å². The second kappa shape index (κ2) is 9.38. The van der Waals surface area contributed by atoms with Gasteiger partial charge in [0.15, 0.2) is 0 Å². The van der Waals surface area contributed by atoms with Crippen LogP contribution in [0.3, 0.4) is 0 Å². The van der Waals surface area contributed by atoms with Gasteiger partial charge in [-0.3, -0.25) is 4.68 Å². The zero-order chi connectivity index (χ0) is 26.4. The fourth-order valence-corrected chi connectivity index (χ4v) is 5.17. The minimum absolute atomic E-state index is 0.296. The molecule has 6 rings (SSSR count). The predicted octanol–water partition coefficient (Wildman–Crippen LogP) is 3.87. The lowest BCUT2D eigenvalue weighted by atomic mass is 9.87. The maximum Gasteiger partial charge on any atom is 0.225 e. The van der Waals surface area contributed by atoms with Crippen molar-refractivity contribution in [1.29, 1.82) is 0 Å². The quantitative estimate of drug-likeness (QED) is 0.368. The smallest absolute Gasteiger partial charge is 0.225 e. The lowest BCUT2D eigenvalue weighted by molar-refractivity contribution is 0.585. The Morgan fingerprint density at radius 3 is 2.21 bits per heavy atom. The van der Waals surface area contributed by atoms with Crippen LogP contribution in [0.1, 0.15) is 18.1 Å². The number of nitrogens with two attached hydrogens (primary N) is 1. The Bertz CT molecular complexity index is 1580. The summed E-state index contributed by atoms with van der Waals surface area (Å²) in [5.41, 5.74) is 11.3. The highest BCUT2D eigenvalue weighted by Crippen LogP contribution is 2.34. The molecule has 0 radical (unpaired) electrons. The van der Waals surface area contributed by atoms with Crippen molar-refractivity contribution in [2.24, 2.45) is 12.8 Å². The van der Waals surface area contributed by atoms with E-state index >= 15 is 0 Å². The molecule has 0 amide bonds. The summed E-state index contributed by atoms with van der Waals surface area (Å²) in [6, 6.07) is 8.30. The SMILES string of the molecule is Cn1cc(-c2cc3c(N4CCN(c5ncc(C(C)(N)c6ccc(F)cc6)cn5)CC4)c(Cl)cnn3c2)cn1. The second-order valence-corrected chi connectivity index (χ2v) is 10.2. The number of rotatable bonds is 5. The first-order valence-corrected chi connectivity index (χ1v) is 12.7. The Balaban J connectivity index is 1.19. The molecule has 38 heavy (non-hydrogen) atoms. The van der Waals surface area contributed by atoms with Crippen LogP contribution in [0.15, 0.2) is 67.5 Å². The molecule has 1 unspecified atom stereocenters. The van der Waals surface area contributed by atoms with E-state index < -0.39 is 5.54 Å². The van der Waals surface area contributed by atoms with E-state index in [0.29, 0.717) is 11.0 Å². The van der Waals surface area contributed by atoms with Crippen LogP contribution in [0, 0.1) is 5.82 Å². The molecule has 11 heteroatoms. The molecule has 194 valence electrons. The first-order chi connectivity index (χ1) is 18.3. The number of hydrogen-bond acceptors (Lipinski definition) is 7. The van der Waals surface area contributed by atoms with Crippen LogP contribution in [0.5, 0.6) is 0 Å². The highest BCUT2D eigenvalue weighted by Gasteiger charge is 2.27. The van der Waals surface area contributed by atoms with E-state index in [0.717, 1.165) is 59.6 Å². The zero-order valence-corrected chi connectivity index (χ0v) is 21.8. The molecule has 0 spiro atoms. The Morgan fingerprint density at radius 1 is 0.868 bits per heavy atom. The summed E-state index contributed by atoms with van der Waals surface area (Å²) in [6.07, 6.45) is 11.0. The summed E-state index contributed by atoms with van der Waals surface area (Å²) in [6.45, 7) is 4.85. The summed E-state index contributed by atoms with van der Waals surface area (Å²) < 4.78 is 17.0. The third kappa shape index (κ3) is 4.35. The topological polar surface area (TPSA) is 93.4 Å². The molecule has 1 saturated heterocycles. The van der Waals surface area contributed by atoms with Gasteiger partial charge in [0.1, 0.15) is 5.82 Å². The third-order valence-corrected chi connectivity index (χ3v) is 7.44. The molecular formula is C27H27ClFN9. The van der Waals surface area contributed by atoms with Crippen molar-refractivity contribution in [2.45, 2.75) is 12.5 Å². The number of piperazine rings is 1.